The van der Waals surface area contributed by atoms with Crippen LogP contribution in [0.1, 0.15) is 84.1 Å². The highest BCUT2D eigenvalue weighted by atomic mass is 32.2. The molecule has 182 valence electrons. The van der Waals surface area contributed by atoms with Crippen LogP contribution in [0.4, 0.5) is 0 Å². The molecule has 0 radical (unpaired) electrons. The Morgan fingerprint density at radius 1 is 0.909 bits per heavy atom. The molecule has 0 amide bonds. The molecule has 5 rings (SSSR count). The largest absolute Gasteiger partial charge is 0.300 e. The molecule has 4 fully saturated rings. The summed E-state index contributed by atoms with van der Waals surface area (Å²) in [5, 5.41) is 0. The van der Waals surface area contributed by atoms with E-state index >= 15 is 0 Å². The fourth-order valence-corrected chi connectivity index (χ4v) is 10.0. The van der Waals surface area contributed by atoms with E-state index in [4.69, 9.17) is 4.18 Å². The summed E-state index contributed by atoms with van der Waals surface area (Å²) < 4.78 is 31.5. The molecule has 0 bridgehead atoms. The van der Waals surface area contributed by atoms with Gasteiger partial charge in [0.2, 0.25) is 0 Å². The lowest BCUT2D eigenvalue weighted by Crippen LogP contribution is -2.54. The summed E-state index contributed by atoms with van der Waals surface area (Å²) in [5.41, 5.74) is 1.50. The van der Waals surface area contributed by atoms with Crippen LogP contribution in [0.3, 0.4) is 0 Å². The van der Waals surface area contributed by atoms with Gasteiger partial charge in [-0.25, -0.2) is 0 Å². The van der Waals surface area contributed by atoms with Crippen LogP contribution in [0.5, 0.6) is 0 Å². The van der Waals surface area contributed by atoms with Gasteiger partial charge in [0.25, 0.3) is 10.1 Å². The fourth-order valence-electron chi connectivity index (χ4n) is 8.91. The molecule has 4 aliphatic carbocycles. The maximum absolute atomic E-state index is 12.9. The van der Waals surface area contributed by atoms with Crippen LogP contribution in [0, 0.1) is 47.3 Å². The second-order valence-corrected chi connectivity index (χ2v) is 13.8. The molecule has 0 N–H and O–H groups in total. The molecule has 0 spiro atoms. The molecule has 0 saturated heterocycles. The molecular weight excluding hydrogens is 432 g/mol. The SMILES string of the molecule is CC(=O)[C@H]1CC[C@H]2[C@H]3CC[C@H]4C[C@H](OS(=O)(=O)c5ccc(C)cc5)CC[C@@]4(C)[C@H]3CC[C@@]12C. The predicted molar refractivity (Wildman–Crippen MR) is 129 cm³/mol. The van der Waals surface area contributed by atoms with Crippen LogP contribution in [0.2, 0.25) is 0 Å². The van der Waals surface area contributed by atoms with Gasteiger partial charge in [0.15, 0.2) is 0 Å². The van der Waals surface area contributed by atoms with Gasteiger partial charge in [0.1, 0.15) is 5.78 Å². The van der Waals surface area contributed by atoms with E-state index in [2.05, 4.69) is 13.8 Å². The van der Waals surface area contributed by atoms with Gasteiger partial charge in [-0.05, 0) is 118 Å². The van der Waals surface area contributed by atoms with Crippen molar-refractivity contribution in [2.75, 3.05) is 0 Å². The molecule has 4 saturated carbocycles. The molecule has 8 atom stereocenters. The summed E-state index contributed by atoms with van der Waals surface area (Å²) in [6.07, 6.45) is 9.58. The van der Waals surface area contributed by atoms with Crippen LogP contribution in [0.25, 0.3) is 0 Å². The van der Waals surface area contributed by atoms with E-state index in [0.29, 0.717) is 23.5 Å². The maximum atomic E-state index is 12.9. The zero-order valence-electron chi connectivity index (χ0n) is 20.7. The number of benzene rings is 1. The van der Waals surface area contributed by atoms with E-state index in [0.717, 1.165) is 37.2 Å². The molecule has 4 aliphatic rings. The average molecular weight is 473 g/mol. The normalized spacial score (nSPS) is 42.8. The van der Waals surface area contributed by atoms with Crippen molar-refractivity contribution in [2.24, 2.45) is 40.4 Å². The summed E-state index contributed by atoms with van der Waals surface area (Å²) in [7, 11) is -3.72. The second-order valence-electron chi connectivity index (χ2n) is 12.2. The average Bonchev–Trinajstić information content (AvgIpc) is 3.11. The fraction of sp³-hybridized carbons (Fsp3) is 0.750. The number of ketones is 1. The molecule has 33 heavy (non-hydrogen) atoms. The van der Waals surface area contributed by atoms with Crippen LogP contribution < -0.4 is 0 Å². The Labute approximate surface area is 200 Å². The van der Waals surface area contributed by atoms with E-state index in [9.17, 15) is 13.2 Å². The molecule has 1 aromatic carbocycles. The Hall–Kier alpha value is -1.20. The number of carbonyl (C=O) groups is 1. The highest BCUT2D eigenvalue weighted by molar-refractivity contribution is 7.86. The van der Waals surface area contributed by atoms with Crippen molar-refractivity contribution in [3.63, 3.8) is 0 Å². The smallest absolute Gasteiger partial charge is 0.297 e. The Morgan fingerprint density at radius 3 is 2.27 bits per heavy atom. The summed E-state index contributed by atoms with van der Waals surface area (Å²) in [5.74, 6) is 3.28. The zero-order chi connectivity index (χ0) is 23.6. The molecular formula is C28H40O4S. The maximum Gasteiger partial charge on any atom is 0.297 e. The summed E-state index contributed by atoms with van der Waals surface area (Å²) in [4.78, 5) is 12.6. The van der Waals surface area contributed by atoms with Gasteiger partial charge in [-0.1, -0.05) is 31.5 Å². The number of Topliss-reactive ketones (excluding diaryl/α,β-unsaturated/α-hetero) is 1. The minimum Gasteiger partial charge on any atom is -0.300 e. The van der Waals surface area contributed by atoms with Gasteiger partial charge in [-0.2, -0.15) is 8.42 Å². The molecule has 5 heteroatoms. The Morgan fingerprint density at radius 2 is 1.58 bits per heavy atom. The Balaban J connectivity index is 1.30. The van der Waals surface area contributed by atoms with Crippen LogP contribution in [-0.4, -0.2) is 20.3 Å². The van der Waals surface area contributed by atoms with E-state index < -0.39 is 10.1 Å². The van der Waals surface area contributed by atoms with Crippen molar-refractivity contribution in [1.82, 2.24) is 0 Å². The molecule has 0 heterocycles. The second kappa shape index (κ2) is 8.19. The first-order valence-electron chi connectivity index (χ1n) is 13.0. The van der Waals surface area contributed by atoms with Gasteiger partial charge in [-0.15, -0.1) is 0 Å². The van der Waals surface area contributed by atoms with Gasteiger partial charge in [0.05, 0.1) is 11.0 Å². The number of aryl methyl sites for hydroxylation is 1. The summed E-state index contributed by atoms with van der Waals surface area (Å²) in [6.45, 7) is 8.64. The number of carbonyl (C=O) groups excluding carboxylic acids is 1. The van der Waals surface area contributed by atoms with E-state index in [1.54, 1.807) is 19.1 Å². The van der Waals surface area contributed by atoms with Crippen molar-refractivity contribution in [3.05, 3.63) is 29.8 Å². The number of hydrogen-bond acceptors (Lipinski definition) is 4. The summed E-state index contributed by atoms with van der Waals surface area (Å²) >= 11 is 0. The van der Waals surface area contributed by atoms with Gasteiger partial charge < -0.3 is 0 Å². The molecule has 1 aromatic rings. The molecule has 4 nitrogen and oxygen atoms in total. The van der Waals surface area contributed by atoms with Crippen molar-refractivity contribution in [3.8, 4) is 0 Å². The zero-order valence-corrected chi connectivity index (χ0v) is 21.5. The van der Waals surface area contributed by atoms with Gasteiger partial charge >= 0.3 is 0 Å². The number of rotatable bonds is 4. The van der Waals surface area contributed by atoms with Crippen molar-refractivity contribution >= 4 is 15.9 Å². The molecule has 0 unspecified atom stereocenters. The molecule has 0 aromatic heterocycles. The van der Waals surface area contributed by atoms with Crippen LogP contribution in [-0.2, 0) is 19.1 Å². The Bertz CT molecular complexity index is 1010. The minimum absolute atomic E-state index is 0.193. The highest BCUT2D eigenvalue weighted by Crippen LogP contribution is 2.67. The third-order valence-electron chi connectivity index (χ3n) is 10.7. The van der Waals surface area contributed by atoms with Crippen molar-refractivity contribution < 1.29 is 17.4 Å². The van der Waals surface area contributed by atoms with Crippen LogP contribution >= 0.6 is 0 Å². The summed E-state index contributed by atoms with van der Waals surface area (Å²) in [6, 6.07) is 6.95. The topological polar surface area (TPSA) is 60.4 Å². The van der Waals surface area contributed by atoms with E-state index in [1.165, 1.54) is 32.1 Å². The lowest BCUT2D eigenvalue weighted by atomic mass is 9.44. The first-order chi connectivity index (χ1) is 15.5. The first-order valence-corrected chi connectivity index (χ1v) is 14.5. The number of hydrogen-bond donors (Lipinski definition) is 0. The highest BCUT2D eigenvalue weighted by Gasteiger charge is 2.61. The van der Waals surface area contributed by atoms with Crippen molar-refractivity contribution in [2.45, 2.75) is 96.5 Å². The standard InChI is InChI=1S/C28H40O4S/c1-18-5-8-22(9-6-18)33(30,31)32-21-13-15-27(3)20(17-21)7-10-23-25-12-11-24(19(2)29)28(25,4)16-14-26(23)27/h5-6,8-9,20-21,23-26H,7,10-17H2,1-4H3/t20-,21+,23+,24+,25-,26-,27+,28-/m0/s1. The third-order valence-corrected chi connectivity index (χ3v) is 12.1. The monoisotopic (exact) mass is 472 g/mol. The van der Waals surface area contributed by atoms with Gasteiger partial charge in [-0.3, -0.25) is 8.98 Å². The van der Waals surface area contributed by atoms with Gasteiger partial charge in [0, 0.05) is 5.92 Å². The van der Waals surface area contributed by atoms with E-state index in [-0.39, 0.29) is 27.7 Å². The Kier molecular flexibility index (Phi) is 5.84. The lowest BCUT2D eigenvalue weighted by molar-refractivity contribution is -0.137. The lowest BCUT2D eigenvalue weighted by Gasteiger charge is -2.61. The quantitative estimate of drug-likeness (QED) is 0.481. The minimum atomic E-state index is -3.72. The van der Waals surface area contributed by atoms with E-state index in [1.807, 2.05) is 19.1 Å². The molecule has 0 aliphatic heterocycles. The number of fused-ring (bicyclic) bond motifs is 5. The van der Waals surface area contributed by atoms with Crippen molar-refractivity contribution in [1.29, 1.82) is 0 Å². The first kappa shape index (κ1) is 23.5. The third kappa shape index (κ3) is 3.82. The van der Waals surface area contributed by atoms with Crippen LogP contribution in [0.15, 0.2) is 29.2 Å². The predicted octanol–water partition coefficient (Wildman–Crippen LogP) is 6.32.